The Morgan fingerprint density at radius 1 is 1.86 bits per heavy atom. The molecule has 1 aliphatic rings. The summed E-state index contributed by atoms with van der Waals surface area (Å²) in [6, 6.07) is 0. The monoisotopic (exact) mass is 264 g/mol. The van der Waals surface area contributed by atoms with Crippen LogP contribution < -0.4 is 0 Å². The minimum atomic E-state index is 0. The van der Waals surface area contributed by atoms with E-state index in [0.717, 1.165) is 0 Å². The van der Waals surface area contributed by atoms with Crippen LogP contribution in [-0.4, -0.2) is 0 Å². The van der Waals surface area contributed by atoms with E-state index in [4.69, 9.17) is 0 Å². The molecule has 7 heavy (non-hydrogen) atoms. The van der Waals surface area contributed by atoms with Gasteiger partial charge in [-0.1, -0.05) is 0 Å². The molecule has 0 saturated carbocycles. The molecule has 1 aliphatic carbocycles. The van der Waals surface area contributed by atoms with Gasteiger partial charge in [0.1, 0.15) is 0 Å². The summed E-state index contributed by atoms with van der Waals surface area (Å²) in [5.41, 5.74) is 1.48. The van der Waals surface area contributed by atoms with Crippen LogP contribution in [0, 0.1) is 0 Å². The van der Waals surface area contributed by atoms with E-state index in [1.54, 1.807) is 23.8 Å². The topological polar surface area (TPSA) is 0 Å². The van der Waals surface area contributed by atoms with E-state index >= 15 is 0 Å². The molecule has 0 fully saturated rings. The van der Waals surface area contributed by atoms with E-state index in [2.05, 4.69) is 19.1 Å². The van der Waals surface area contributed by atoms with E-state index in [9.17, 15) is 0 Å². The van der Waals surface area contributed by atoms with Gasteiger partial charge in [-0.15, -0.1) is 0 Å². The van der Waals surface area contributed by atoms with Crippen LogP contribution in [0.4, 0.5) is 0 Å². The van der Waals surface area contributed by atoms with E-state index in [0.29, 0.717) is 0 Å². The summed E-state index contributed by atoms with van der Waals surface area (Å²) in [4.78, 5) is 0. The fourth-order valence-electron chi connectivity index (χ4n) is 0.597. The van der Waals surface area contributed by atoms with Gasteiger partial charge in [0, 0.05) is 0 Å². The zero-order valence-electron chi connectivity index (χ0n) is 5.27. The van der Waals surface area contributed by atoms with Crippen LogP contribution in [0.25, 0.3) is 0 Å². The molecule has 0 amide bonds. The van der Waals surface area contributed by atoms with Gasteiger partial charge in [-0.2, -0.15) is 0 Å². The van der Waals surface area contributed by atoms with Gasteiger partial charge >= 0.3 is 54.8 Å². The molecule has 0 nitrogen and oxygen atoms in total. The maximum atomic E-state index is 2.22. The quantitative estimate of drug-likeness (QED) is 0.626. The maximum Gasteiger partial charge on any atom is -1.00 e. The van der Waals surface area contributed by atoms with Gasteiger partial charge in [0.2, 0.25) is 0 Å². The van der Waals surface area contributed by atoms with Crippen molar-refractivity contribution in [3.63, 3.8) is 0 Å². The van der Waals surface area contributed by atoms with Crippen LogP contribution in [0.5, 0.6) is 0 Å². The van der Waals surface area contributed by atoms with Crippen molar-refractivity contribution < 1.29 is 21.2 Å². The van der Waals surface area contributed by atoms with Crippen molar-refractivity contribution in [2.75, 3.05) is 0 Å². The second-order valence-electron chi connectivity index (χ2n) is 1.71. The first kappa shape index (κ1) is 5.31. The van der Waals surface area contributed by atoms with Crippen LogP contribution in [0.2, 0.25) is 0 Å². The van der Waals surface area contributed by atoms with Gasteiger partial charge in [0.25, 0.3) is 0 Å². The fourth-order valence-corrected chi connectivity index (χ4v) is 1.19. The van der Waals surface area contributed by atoms with E-state index in [-0.39, 0.29) is 1.43 Å². The summed E-state index contributed by atoms with van der Waals surface area (Å²) in [6.45, 7) is 2.17. The van der Waals surface area contributed by atoms with Gasteiger partial charge in [0.15, 0.2) is 0 Å². The first-order valence-electron chi connectivity index (χ1n) is 2.34. The molecular formula is C6H8W-. The van der Waals surface area contributed by atoms with Crippen molar-refractivity contribution in [2.45, 2.75) is 13.3 Å². The Hall–Kier alpha value is 0.168. The molecule has 0 N–H and O–H groups in total. The van der Waals surface area contributed by atoms with Gasteiger partial charge in [-0.3, -0.25) is 0 Å². The Balaban J connectivity index is 0.000000490. The minimum Gasteiger partial charge on any atom is -1.00 e. The second kappa shape index (κ2) is 1.96. The second-order valence-corrected chi connectivity index (χ2v) is 3.48. The fraction of sp³-hybridized carbons (Fsp3) is 0.333. The molecular weight excluding hydrogens is 256 g/mol. The van der Waals surface area contributed by atoms with Crippen LogP contribution in [0.1, 0.15) is 14.8 Å². The minimum absolute atomic E-state index is 0. The Bertz CT molecular complexity index is 135. The normalized spacial score (nSPS) is 19.0. The average molecular weight is 264 g/mol. The van der Waals surface area contributed by atoms with Crippen LogP contribution in [0.15, 0.2) is 21.7 Å². The Morgan fingerprint density at radius 3 is 2.71 bits per heavy atom. The molecule has 0 atom stereocenters. The molecule has 0 heterocycles. The Kier molecular flexibility index (Phi) is 1.49. The number of rotatable bonds is 0. The van der Waals surface area contributed by atoms with Crippen LogP contribution in [-0.2, 0) is 19.8 Å². The Morgan fingerprint density at radius 2 is 2.57 bits per heavy atom. The first-order chi connectivity index (χ1) is 3.30. The maximum absolute atomic E-state index is 2.22. The van der Waals surface area contributed by atoms with Gasteiger partial charge in [0.05, 0.1) is 0 Å². The van der Waals surface area contributed by atoms with Gasteiger partial charge in [-0.05, 0) is 0 Å². The van der Waals surface area contributed by atoms with Crippen molar-refractivity contribution in [1.82, 2.24) is 0 Å². The summed E-state index contributed by atoms with van der Waals surface area (Å²) in [5, 5.41) is 0. The third kappa shape index (κ3) is 1.04. The molecule has 0 aromatic rings. The third-order valence-corrected chi connectivity index (χ3v) is 2.87. The molecule has 0 aromatic heterocycles. The van der Waals surface area contributed by atoms with E-state index < -0.39 is 0 Å². The van der Waals surface area contributed by atoms with Crippen molar-refractivity contribution in [1.29, 1.82) is 0 Å². The molecule has 0 aliphatic heterocycles. The SMILES string of the molecule is CC1=[C]([W])CC=C1.[H-]. The zero-order valence-corrected chi connectivity index (χ0v) is 7.20. The van der Waals surface area contributed by atoms with Crippen LogP contribution in [0.3, 0.4) is 0 Å². The number of hydrogen-bond acceptors (Lipinski definition) is 0. The smallest absolute Gasteiger partial charge is 1.00 e. The van der Waals surface area contributed by atoms with E-state index in [1.807, 2.05) is 0 Å². The van der Waals surface area contributed by atoms with Gasteiger partial charge in [-0.25, -0.2) is 0 Å². The van der Waals surface area contributed by atoms with Crippen molar-refractivity contribution >= 4 is 0 Å². The zero-order chi connectivity index (χ0) is 5.28. The van der Waals surface area contributed by atoms with Crippen molar-refractivity contribution in [2.24, 2.45) is 0 Å². The molecule has 1 heteroatoms. The summed E-state index contributed by atoms with van der Waals surface area (Å²) in [6.07, 6.45) is 5.63. The molecule has 0 unspecified atom stereocenters. The van der Waals surface area contributed by atoms with Gasteiger partial charge < -0.3 is 1.43 Å². The Labute approximate surface area is 56.7 Å². The number of hydrogen-bond donors (Lipinski definition) is 0. The summed E-state index contributed by atoms with van der Waals surface area (Å²) in [7, 11) is 0. The van der Waals surface area contributed by atoms with Crippen molar-refractivity contribution in [3.05, 3.63) is 21.7 Å². The number of allylic oxidation sites excluding steroid dienone is 4. The predicted octanol–water partition coefficient (Wildman–Crippen LogP) is 1.88. The molecule has 0 aromatic carbocycles. The van der Waals surface area contributed by atoms with Crippen molar-refractivity contribution in [3.8, 4) is 0 Å². The first-order valence-corrected chi connectivity index (χ1v) is 3.80. The van der Waals surface area contributed by atoms with Crippen LogP contribution >= 0.6 is 0 Å². The standard InChI is InChI=1S/C6H7.W.H/c1-6-4-2-3-5-6;;/h2,4H,3H2,1H3;;/q;;-1. The summed E-state index contributed by atoms with van der Waals surface area (Å²) >= 11 is 1.62. The molecule has 0 saturated heterocycles. The molecule has 0 radical (unpaired) electrons. The largest absolute Gasteiger partial charge is 1.00 e. The molecule has 0 spiro atoms. The molecule has 0 bridgehead atoms. The average Bonchev–Trinajstić information content (AvgIpc) is 1.91. The summed E-state index contributed by atoms with van der Waals surface area (Å²) < 4.78 is 1.60. The molecule has 1 rings (SSSR count). The summed E-state index contributed by atoms with van der Waals surface area (Å²) in [5.74, 6) is 0. The van der Waals surface area contributed by atoms with E-state index in [1.165, 1.54) is 12.0 Å². The predicted molar refractivity (Wildman–Crippen MR) is 27.6 cm³/mol. The molecule has 39 valence electrons. The third-order valence-electron chi connectivity index (χ3n) is 1.11.